The Morgan fingerprint density at radius 2 is 1.57 bits per heavy atom. The van der Waals surface area contributed by atoms with Gasteiger partial charge in [-0.2, -0.15) is 0 Å². The molecule has 9 heteroatoms. The lowest BCUT2D eigenvalue weighted by atomic mass is 10.1. The Labute approximate surface area is 200 Å². The molecule has 35 heavy (non-hydrogen) atoms. The molecule has 3 aromatic carbocycles. The Bertz CT molecular complexity index is 1390. The van der Waals surface area contributed by atoms with Crippen molar-refractivity contribution in [3.05, 3.63) is 106 Å². The zero-order chi connectivity index (χ0) is 24.5. The highest BCUT2D eigenvalue weighted by atomic mass is 16.6. The largest absolute Gasteiger partial charge is 0.450 e. The van der Waals surface area contributed by atoms with Crippen molar-refractivity contribution in [2.45, 2.75) is 6.10 Å². The quantitative estimate of drug-likeness (QED) is 0.294. The number of carbonyl (C=O) groups excluding carboxylic acids is 1. The molecule has 0 atom stereocenters. The van der Waals surface area contributed by atoms with Gasteiger partial charge in [0.15, 0.2) is 6.10 Å². The minimum atomic E-state index is -0.644. The molecule has 0 radical (unpaired) electrons. The predicted molar refractivity (Wildman–Crippen MR) is 130 cm³/mol. The standard InChI is InChI=1S/C26H20N4O5/c1-29(16-10-12-17(13-11-16)34-22-14-15-28-25(27)23(22)30(32)33)26(31)35-24-20-8-4-2-6-18(20)19-7-3-5-9-21(19)24/h2-15,24H,1H3,(H2,27,28). The van der Waals surface area contributed by atoms with E-state index in [0.717, 1.165) is 22.3 Å². The van der Waals surface area contributed by atoms with Crippen molar-refractivity contribution in [2.24, 2.45) is 0 Å². The lowest BCUT2D eigenvalue weighted by Crippen LogP contribution is -2.28. The number of rotatable bonds is 5. The van der Waals surface area contributed by atoms with E-state index in [1.165, 1.54) is 17.2 Å². The van der Waals surface area contributed by atoms with Gasteiger partial charge in [0.05, 0.1) is 4.92 Å². The number of amides is 1. The number of pyridine rings is 1. The molecule has 0 aliphatic heterocycles. The van der Waals surface area contributed by atoms with Gasteiger partial charge in [0.1, 0.15) is 5.75 Å². The third-order valence-electron chi connectivity index (χ3n) is 5.82. The predicted octanol–water partition coefficient (Wildman–Crippen LogP) is 5.71. The topological polar surface area (TPSA) is 121 Å². The number of ether oxygens (including phenoxy) is 2. The van der Waals surface area contributed by atoms with E-state index in [-0.39, 0.29) is 11.6 Å². The van der Waals surface area contributed by atoms with Gasteiger partial charge in [0.2, 0.25) is 11.6 Å². The molecular formula is C26H20N4O5. The summed E-state index contributed by atoms with van der Waals surface area (Å²) in [5.41, 5.74) is 9.75. The summed E-state index contributed by atoms with van der Waals surface area (Å²) in [6.45, 7) is 0. The number of hydrogen-bond donors (Lipinski definition) is 1. The maximum atomic E-state index is 13.0. The third-order valence-corrected chi connectivity index (χ3v) is 5.82. The fraction of sp³-hybridized carbons (Fsp3) is 0.0769. The van der Waals surface area contributed by atoms with E-state index in [1.54, 1.807) is 31.3 Å². The minimum Gasteiger partial charge on any atom is -0.450 e. The lowest BCUT2D eigenvalue weighted by Gasteiger charge is -2.21. The van der Waals surface area contributed by atoms with Crippen molar-refractivity contribution in [1.29, 1.82) is 0 Å². The first-order valence-electron chi connectivity index (χ1n) is 10.7. The number of anilines is 2. The summed E-state index contributed by atoms with van der Waals surface area (Å²) in [6, 6.07) is 23.6. The lowest BCUT2D eigenvalue weighted by molar-refractivity contribution is -0.384. The van der Waals surface area contributed by atoms with Crippen LogP contribution in [0.25, 0.3) is 11.1 Å². The van der Waals surface area contributed by atoms with Gasteiger partial charge in [-0.25, -0.2) is 9.78 Å². The number of hydrogen-bond acceptors (Lipinski definition) is 7. The molecule has 1 aliphatic rings. The molecule has 1 amide bonds. The van der Waals surface area contributed by atoms with E-state index < -0.39 is 22.8 Å². The van der Waals surface area contributed by atoms with Crippen molar-refractivity contribution in [3.8, 4) is 22.6 Å². The van der Waals surface area contributed by atoms with Gasteiger partial charge in [-0.1, -0.05) is 48.5 Å². The number of fused-ring (bicyclic) bond motifs is 3. The molecule has 9 nitrogen and oxygen atoms in total. The van der Waals surface area contributed by atoms with E-state index in [4.69, 9.17) is 15.2 Å². The maximum absolute atomic E-state index is 13.0. The Morgan fingerprint density at radius 3 is 2.17 bits per heavy atom. The molecule has 0 fully saturated rings. The summed E-state index contributed by atoms with van der Waals surface area (Å²) in [6.07, 6.45) is 0.306. The molecule has 0 saturated heterocycles. The molecule has 1 aromatic heterocycles. The molecule has 1 heterocycles. The second-order valence-electron chi connectivity index (χ2n) is 7.89. The highest BCUT2D eigenvalue weighted by molar-refractivity contribution is 5.88. The summed E-state index contributed by atoms with van der Waals surface area (Å²) < 4.78 is 11.6. The van der Waals surface area contributed by atoms with Crippen molar-refractivity contribution in [1.82, 2.24) is 4.98 Å². The molecule has 1 aliphatic carbocycles. The van der Waals surface area contributed by atoms with E-state index in [9.17, 15) is 14.9 Å². The van der Waals surface area contributed by atoms with Crippen molar-refractivity contribution in [3.63, 3.8) is 0 Å². The number of benzene rings is 3. The van der Waals surface area contributed by atoms with Crippen LogP contribution in [0, 0.1) is 10.1 Å². The average Bonchev–Trinajstić information content (AvgIpc) is 3.17. The number of nitrogens with zero attached hydrogens (tertiary/aromatic N) is 3. The van der Waals surface area contributed by atoms with Crippen molar-refractivity contribution >= 4 is 23.3 Å². The molecule has 4 aromatic rings. The Balaban J connectivity index is 1.33. The van der Waals surface area contributed by atoms with Crippen LogP contribution in [-0.4, -0.2) is 23.0 Å². The van der Waals surface area contributed by atoms with Crippen LogP contribution in [0.15, 0.2) is 85.1 Å². The number of aromatic nitrogens is 1. The summed E-state index contributed by atoms with van der Waals surface area (Å²) in [4.78, 5) is 28.8. The number of nitro groups is 1. The highest BCUT2D eigenvalue weighted by Gasteiger charge is 2.32. The third kappa shape index (κ3) is 3.99. The Kier molecular flexibility index (Phi) is 5.50. The second kappa shape index (κ2) is 8.79. The fourth-order valence-corrected chi connectivity index (χ4v) is 4.10. The van der Waals surface area contributed by atoms with E-state index in [2.05, 4.69) is 4.98 Å². The van der Waals surface area contributed by atoms with Crippen molar-refractivity contribution in [2.75, 3.05) is 17.7 Å². The first-order chi connectivity index (χ1) is 16.9. The molecule has 2 N–H and O–H groups in total. The molecular weight excluding hydrogens is 448 g/mol. The van der Waals surface area contributed by atoms with Crippen LogP contribution in [0.5, 0.6) is 11.5 Å². The maximum Gasteiger partial charge on any atom is 0.414 e. The monoisotopic (exact) mass is 468 g/mol. The molecule has 0 unspecified atom stereocenters. The number of nitrogens with two attached hydrogens (primary N) is 1. The van der Waals surface area contributed by atoms with E-state index >= 15 is 0 Å². The van der Waals surface area contributed by atoms with Crippen molar-refractivity contribution < 1.29 is 19.2 Å². The highest BCUT2D eigenvalue weighted by Crippen LogP contribution is 2.45. The second-order valence-corrected chi connectivity index (χ2v) is 7.89. The Morgan fingerprint density at radius 1 is 0.971 bits per heavy atom. The average molecular weight is 468 g/mol. The van der Waals surface area contributed by atoms with Gasteiger partial charge in [-0.15, -0.1) is 0 Å². The van der Waals surface area contributed by atoms with Crippen LogP contribution in [0.4, 0.5) is 22.0 Å². The molecule has 0 bridgehead atoms. The minimum absolute atomic E-state index is 0.0263. The van der Waals surface area contributed by atoms with Crippen LogP contribution in [0.3, 0.4) is 0 Å². The zero-order valence-electron chi connectivity index (χ0n) is 18.6. The first kappa shape index (κ1) is 21.9. The van der Waals surface area contributed by atoms with Crippen LogP contribution in [-0.2, 0) is 4.74 Å². The Hall–Kier alpha value is -4.92. The van der Waals surface area contributed by atoms with Gasteiger partial charge in [0, 0.05) is 36.1 Å². The molecule has 0 spiro atoms. The molecule has 0 saturated carbocycles. The van der Waals surface area contributed by atoms with Gasteiger partial charge < -0.3 is 15.2 Å². The van der Waals surface area contributed by atoms with Gasteiger partial charge in [-0.05, 0) is 35.4 Å². The smallest absolute Gasteiger partial charge is 0.414 e. The summed E-state index contributed by atoms with van der Waals surface area (Å²) in [5, 5.41) is 11.3. The van der Waals surface area contributed by atoms with Gasteiger partial charge in [-0.3, -0.25) is 15.0 Å². The summed E-state index contributed by atoms with van der Waals surface area (Å²) in [5.74, 6) is 0.0751. The number of nitrogen functional groups attached to an aromatic ring is 1. The van der Waals surface area contributed by atoms with E-state index in [0.29, 0.717) is 11.4 Å². The van der Waals surface area contributed by atoms with Gasteiger partial charge in [0.25, 0.3) is 0 Å². The van der Waals surface area contributed by atoms with Crippen LogP contribution >= 0.6 is 0 Å². The number of carbonyl (C=O) groups is 1. The molecule has 5 rings (SSSR count). The van der Waals surface area contributed by atoms with Gasteiger partial charge >= 0.3 is 11.8 Å². The normalized spacial score (nSPS) is 11.9. The van der Waals surface area contributed by atoms with Crippen LogP contribution in [0.2, 0.25) is 0 Å². The van der Waals surface area contributed by atoms with Crippen LogP contribution in [0.1, 0.15) is 17.2 Å². The van der Waals surface area contributed by atoms with Crippen LogP contribution < -0.4 is 15.4 Å². The summed E-state index contributed by atoms with van der Waals surface area (Å²) in [7, 11) is 1.61. The summed E-state index contributed by atoms with van der Waals surface area (Å²) >= 11 is 0. The zero-order valence-corrected chi connectivity index (χ0v) is 18.6. The SMILES string of the molecule is CN(C(=O)OC1c2ccccc2-c2ccccc21)c1ccc(Oc2ccnc(N)c2[N+](=O)[O-])cc1. The fourth-order valence-electron chi connectivity index (χ4n) is 4.10. The van der Waals surface area contributed by atoms with E-state index in [1.807, 2.05) is 48.5 Å². The first-order valence-corrected chi connectivity index (χ1v) is 10.7. The molecule has 174 valence electrons.